The van der Waals surface area contributed by atoms with E-state index in [-0.39, 0.29) is 11.7 Å². The van der Waals surface area contributed by atoms with Gasteiger partial charge in [0.05, 0.1) is 0 Å². The van der Waals surface area contributed by atoms with Gasteiger partial charge in [0.1, 0.15) is 11.8 Å². The maximum absolute atomic E-state index is 12.2. The summed E-state index contributed by atoms with van der Waals surface area (Å²) in [6.07, 6.45) is 1.35. The minimum Gasteiger partial charge on any atom is -0.451 e. The molecule has 122 valence electrons. The Morgan fingerprint density at radius 3 is 2.48 bits per heavy atom. The van der Waals surface area contributed by atoms with Crippen LogP contribution in [0.25, 0.3) is 11.3 Å². The predicted molar refractivity (Wildman–Crippen MR) is 89.4 cm³/mol. The molecule has 1 aromatic carbocycles. The summed E-state index contributed by atoms with van der Waals surface area (Å²) in [4.78, 5) is 24.0. The molecule has 0 unspecified atom stereocenters. The van der Waals surface area contributed by atoms with Gasteiger partial charge in [-0.3, -0.25) is 9.59 Å². The topological polar surface area (TPSA) is 71.3 Å². The zero-order valence-electron chi connectivity index (χ0n) is 13.1. The predicted octanol–water partition coefficient (Wildman–Crippen LogP) is 3.24. The lowest BCUT2D eigenvalue weighted by Gasteiger charge is -2.15. The first-order valence-corrected chi connectivity index (χ1v) is 7.81. The molecule has 5 nitrogen and oxygen atoms in total. The molecule has 0 radical (unpaired) electrons. The number of hydrogen-bond donors (Lipinski definition) is 2. The highest BCUT2D eigenvalue weighted by Crippen LogP contribution is 2.23. The Balaban J connectivity index is 2.11. The van der Waals surface area contributed by atoms with E-state index in [4.69, 9.17) is 16.0 Å². The van der Waals surface area contributed by atoms with Crippen LogP contribution < -0.4 is 10.6 Å². The van der Waals surface area contributed by atoms with Gasteiger partial charge in [-0.05, 0) is 42.8 Å². The fourth-order valence-electron chi connectivity index (χ4n) is 2.19. The van der Waals surface area contributed by atoms with Crippen LogP contribution in [0.3, 0.4) is 0 Å². The van der Waals surface area contributed by atoms with Crippen molar-refractivity contribution in [2.24, 2.45) is 0 Å². The molecule has 2 rings (SSSR count). The third kappa shape index (κ3) is 4.36. The number of carbonyl (C=O) groups excluding carboxylic acids is 2. The van der Waals surface area contributed by atoms with E-state index < -0.39 is 11.9 Å². The zero-order valence-corrected chi connectivity index (χ0v) is 13.8. The zero-order chi connectivity index (χ0) is 16.8. The smallest absolute Gasteiger partial charge is 0.287 e. The van der Waals surface area contributed by atoms with E-state index >= 15 is 0 Å². The number of nitrogens with one attached hydrogen (secondary N) is 2. The average Bonchev–Trinajstić information content (AvgIpc) is 3.04. The Morgan fingerprint density at radius 1 is 1.17 bits per heavy atom. The lowest BCUT2D eigenvalue weighted by molar-refractivity contribution is -0.122. The van der Waals surface area contributed by atoms with Crippen molar-refractivity contribution >= 4 is 23.4 Å². The molecule has 0 saturated carbocycles. The fraction of sp³-hybridized carbons (Fsp3) is 0.294. The van der Waals surface area contributed by atoms with Crippen molar-refractivity contribution in [3.05, 3.63) is 47.2 Å². The second-order valence-corrected chi connectivity index (χ2v) is 5.54. The molecule has 0 spiro atoms. The molecule has 6 heteroatoms. The molecule has 0 bridgehead atoms. The second-order valence-electron chi connectivity index (χ2n) is 5.10. The summed E-state index contributed by atoms with van der Waals surface area (Å²) < 4.78 is 5.58. The van der Waals surface area contributed by atoms with Gasteiger partial charge in [-0.2, -0.15) is 0 Å². The Bertz CT molecular complexity index is 679. The molecule has 2 aromatic rings. The molecule has 2 N–H and O–H groups in total. The second kappa shape index (κ2) is 7.83. The number of hydrogen-bond acceptors (Lipinski definition) is 3. The van der Waals surface area contributed by atoms with Crippen LogP contribution in [0.5, 0.6) is 0 Å². The van der Waals surface area contributed by atoms with Gasteiger partial charge in [0, 0.05) is 17.6 Å². The lowest BCUT2D eigenvalue weighted by Crippen LogP contribution is -2.45. The van der Waals surface area contributed by atoms with Gasteiger partial charge in [0.15, 0.2) is 5.76 Å². The first-order valence-electron chi connectivity index (χ1n) is 7.43. The largest absolute Gasteiger partial charge is 0.451 e. The molecule has 0 saturated heterocycles. The van der Waals surface area contributed by atoms with Crippen molar-refractivity contribution in [1.82, 2.24) is 10.6 Å². The molecule has 0 aliphatic carbocycles. The van der Waals surface area contributed by atoms with Crippen molar-refractivity contribution in [2.45, 2.75) is 25.8 Å². The molecule has 0 fully saturated rings. The van der Waals surface area contributed by atoms with E-state index in [1.54, 1.807) is 31.3 Å². The molecule has 2 amide bonds. The molecular weight excluding hydrogens is 316 g/mol. The van der Waals surface area contributed by atoms with Gasteiger partial charge in [-0.15, -0.1) is 0 Å². The first kappa shape index (κ1) is 17.1. The Labute approximate surface area is 140 Å². The van der Waals surface area contributed by atoms with Crippen LogP contribution in [0.2, 0.25) is 5.02 Å². The summed E-state index contributed by atoms with van der Waals surface area (Å²) in [5, 5.41) is 5.87. The standard InChI is InChI=1S/C17H19ClN2O3/c1-3-4-13(16(21)19-2)20-17(22)15-10-9-14(23-15)11-5-7-12(18)8-6-11/h5-10,13H,3-4H2,1-2H3,(H,19,21)(H,20,22)/t13-/m0/s1. The van der Waals surface area contributed by atoms with E-state index in [1.807, 2.05) is 19.1 Å². The van der Waals surface area contributed by atoms with Crippen LogP contribution >= 0.6 is 11.6 Å². The molecule has 1 atom stereocenters. The Morgan fingerprint density at radius 2 is 1.87 bits per heavy atom. The van der Waals surface area contributed by atoms with Crippen molar-refractivity contribution in [3.63, 3.8) is 0 Å². The lowest BCUT2D eigenvalue weighted by atomic mass is 10.1. The molecule has 23 heavy (non-hydrogen) atoms. The van der Waals surface area contributed by atoms with Crippen molar-refractivity contribution < 1.29 is 14.0 Å². The third-order valence-electron chi connectivity index (χ3n) is 3.40. The average molecular weight is 335 g/mol. The van der Waals surface area contributed by atoms with E-state index in [1.165, 1.54) is 0 Å². The molecular formula is C17H19ClN2O3. The van der Waals surface area contributed by atoms with Crippen LogP contribution in [0.15, 0.2) is 40.8 Å². The highest BCUT2D eigenvalue weighted by atomic mass is 35.5. The number of carbonyl (C=O) groups is 2. The number of halogens is 1. The maximum atomic E-state index is 12.2. The van der Waals surface area contributed by atoms with Crippen molar-refractivity contribution in [3.8, 4) is 11.3 Å². The quantitative estimate of drug-likeness (QED) is 0.851. The van der Waals surface area contributed by atoms with E-state index in [9.17, 15) is 9.59 Å². The molecule has 1 heterocycles. The van der Waals surface area contributed by atoms with Gasteiger partial charge in [-0.1, -0.05) is 24.9 Å². The van der Waals surface area contributed by atoms with Gasteiger partial charge >= 0.3 is 0 Å². The number of furan rings is 1. The van der Waals surface area contributed by atoms with Crippen LogP contribution in [-0.4, -0.2) is 24.9 Å². The SMILES string of the molecule is CCC[C@H](NC(=O)c1ccc(-c2ccc(Cl)cc2)o1)C(=O)NC. The van der Waals surface area contributed by atoms with Crippen molar-refractivity contribution in [2.75, 3.05) is 7.05 Å². The maximum Gasteiger partial charge on any atom is 0.287 e. The number of benzene rings is 1. The Hall–Kier alpha value is -2.27. The summed E-state index contributed by atoms with van der Waals surface area (Å²) in [6, 6.07) is 9.87. The highest BCUT2D eigenvalue weighted by molar-refractivity contribution is 6.30. The van der Waals surface area contributed by atoms with Crippen LogP contribution in [0.1, 0.15) is 30.3 Å². The summed E-state index contributed by atoms with van der Waals surface area (Å²) >= 11 is 5.85. The molecule has 0 aliphatic rings. The molecule has 1 aromatic heterocycles. The van der Waals surface area contributed by atoms with Gasteiger partial charge < -0.3 is 15.1 Å². The van der Waals surface area contributed by atoms with Crippen LogP contribution in [0, 0.1) is 0 Å². The minimum absolute atomic E-state index is 0.167. The number of rotatable bonds is 6. The van der Waals surface area contributed by atoms with Crippen LogP contribution in [-0.2, 0) is 4.79 Å². The third-order valence-corrected chi connectivity index (χ3v) is 3.66. The summed E-state index contributed by atoms with van der Waals surface area (Å²) in [6.45, 7) is 1.95. The van der Waals surface area contributed by atoms with E-state index in [0.717, 1.165) is 12.0 Å². The normalized spacial score (nSPS) is 11.8. The van der Waals surface area contributed by atoms with Gasteiger partial charge in [-0.25, -0.2) is 0 Å². The summed E-state index contributed by atoms with van der Waals surface area (Å²) in [7, 11) is 1.54. The van der Waals surface area contributed by atoms with Crippen LogP contribution in [0.4, 0.5) is 0 Å². The summed E-state index contributed by atoms with van der Waals surface area (Å²) in [5.74, 6) is 0.107. The Kier molecular flexibility index (Phi) is 5.82. The molecule has 0 aliphatic heterocycles. The van der Waals surface area contributed by atoms with Gasteiger partial charge in [0.25, 0.3) is 5.91 Å². The van der Waals surface area contributed by atoms with Crippen molar-refractivity contribution in [1.29, 1.82) is 0 Å². The van der Waals surface area contributed by atoms with E-state index in [2.05, 4.69) is 10.6 Å². The van der Waals surface area contributed by atoms with Gasteiger partial charge in [0.2, 0.25) is 5.91 Å². The number of likely N-dealkylation sites (N-methyl/N-ethyl adjacent to an activating group) is 1. The fourth-order valence-corrected chi connectivity index (χ4v) is 2.32. The monoisotopic (exact) mass is 334 g/mol. The highest BCUT2D eigenvalue weighted by Gasteiger charge is 2.21. The minimum atomic E-state index is -0.568. The summed E-state index contributed by atoms with van der Waals surface area (Å²) in [5.41, 5.74) is 0.824. The first-order chi connectivity index (χ1) is 11.0. The van der Waals surface area contributed by atoms with E-state index in [0.29, 0.717) is 17.2 Å². The number of amides is 2.